The van der Waals surface area contributed by atoms with Crippen molar-refractivity contribution in [1.82, 2.24) is 5.32 Å². The van der Waals surface area contributed by atoms with E-state index in [1.807, 2.05) is 43.3 Å². The molecule has 6 heteroatoms. The second-order valence-electron chi connectivity index (χ2n) is 5.61. The molecule has 3 rings (SSSR count). The smallest absolute Gasteiger partial charge is 0.224 e. The van der Waals surface area contributed by atoms with E-state index in [9.17, 15) is 4.79 Å². The number of carbonyl (C=O) groups is 1. The quantitative estimate of drug-likeness (QED) is 0.744. The summed E-state index contributed by atoms with van der Waals surface area (Å²) in [5.74, 6) is 1.35. The van der Waals surface area contributed by atoms with E-state index in [0.29, 0.717) is 24.7 Å². The second kappa shape index (κ2) is 7.57. The molecular weight excluding hydrogens is 438 g/mol. The average molecular weight is 455 g/mol. The van der Waals surface area contributed by atoms with E-state index in [0.717, 1.165) is 20.1 Å². The zero-order chi connectivity index (χ0) is 17.1. The molecule has 24 heavy (non-hydrogen) atoms. The summed E-state index contributed by atoms with van der Waals surface area (Å²) in [5, 5.41) is 3.03. The summed E-state index contributed by atoms with van der Waals surface area (Å²) in [6.07, 6.45) is 0.273. The molecule has 0 aromatic heterocycles. The van der Waals surface area contributed by atoms with Crippen LogP contribution in [0.2, 0.25) is 0 Å². The Morgan fingerprint density at radius 2 is 1.88 bits per heavy atom. The summed E-state index contributed by atoms with van der Waals surface area (Å²) in [6, 6.07) is 11.6. The van der Waals surface area contributed by atoms with Crippen LogP contribution in [0.5, 0.6) is 11.5 Å². The monoisotopic (exact) mass is 453 g/mol. The van der Waals surface area contributed by atoms with E-state index in [2.05, 4.69) is 37.2 Å². The molecule has 0 bridgehead atoms. The fraction of sp³-hybridized carbons (Fsp3) is 0.278. The molecule has 0 spiro atoms. The van der Waals surface area contributed by atoms with Crippen LogP contribution in [-0.4, -0.2) is 19.1 Å². The Morgan fingerprint density at radius 1 is 1.17 bits per heavy atom. The average Bonchev–Trinajstić information content (AvgIpc) is 2.55. The molecule has 2 aromatic rings. The predicted molar refractivity (Wildman–Crippen MR) is 99.5 cm³/mol. The molecule has 1 aliphatic heterocycles. The molecule has 0 saturated heterocycles. The molecule has 0 fully saturated rings. The maximum atomic E-state index is 12.4. The topological polar surface area (TPSA) is 47.6 Å². The van der Waals surface area contributed by atoms with Crippen LogP contribution >= 0.6 is 31.9 Å². The molecule has 1 amide bonds. The number of fused-ring (bicyclic) bond motifs is 1. The van der Waals surface area contributed by atoms with Crippen LogP contribution < -0.4 is 14.8 Å². The lowest BCUT2D eigenvalue weighted by atomic mass is 10.1. The summed E-state index contributed by atoms with van der Waals surface area (Å²) in [5.41, 5.74) is 1.93. The van der Waals surface area contributed by atoms with E-state index >= 15 is 0 Å². The van der Waals surface area contributed by atoms with Crippen molar-refractivity contribution in [2.24, 2.45) is 0 Å². The standard InChI is InChI=1S/C18H17Br2NO3/c1-11(12-3-2-4-14(19)7-12)21-18(22)9-13-8-16-17(10-15(13)20)24-6-5-23-16/h2-4,7-8,10-11H,5-6,9H2,1H3,(H,21,22). The second-order valence-corrected chi connectivity index (χ2v) is 7.38. The molecule has 4 nitrogen and oxygen atoms in total. The van der Waals surface area contributed by atoms with E-state index < -0.39 is 0 Å². The van der Waals surface area contributed by atoms with Gasteiger partial charge in [-0.05, 0) is 42.3 Å². The van der Waals surface area contributed by atoms with Gasteiger partial charge in [0, 0.05) is 8.95 Å². The maximum Gasteiger partial charge on any atom is 0.224 e. The molecule has 1 heterocycles. The molecule has 126 valence electrons. The number of amides is 1. The third-order valence-electron chi connectivity index (χ3n) is 3.79. The fourth-order valence-electron chi connectivity index (χ4n) is 2.57. The summed E-state index contributed by atoms with van der Waals surface area (Å²) in [6.45, 7) is 3.04. The number of rotatable bonds is 4. The van der Waals surface area contributed by atoms with Crippen LogP contribution in [0.4, 0.5) is 0 Å². The van der Waals surface area contributed by atoms with E-state index in [4.69, 9.17) is 9.47 Å². The highest BCUT2D eigenvalue weighted by atomic mass is 79.9. The van der Waals surface area contributed by atoms with E-state index in [-0.39, 0.29) is 18.4 Å². The fourth-order valence-corrected chi connectivity index (χ4v) is 3.45. The van der Waals surface area contributed by atoms with Crippen LogP contribution in [-0.2, 0) is 11.2 Å². The zero-order valence-corrected chi connectivity index (χ0v) is 16.3. The van der Waals surface area contributed by atoms with Gasteiger partial charge in [-0.25, -0.2) is 0 Å². The Bertz CT molecular complexity index is 764. The first-order chi connectivity index (χ1) is 11.5. The van der Waals surface area contributed by atoms with Gasteiger partial charge in [0.15, 0.2) is 11.5 Å². The van der Waals surface area contributed by atoms with Crippen LogP contribution in [0.1, 0.15) is 24.1 Å². The highest BCUT2D eigenvalue weighted by Crippen LogP contribution is 2.35. The summed E-state index contributed by atoms with van der Waals surface area (Å²) in [7, 11) is 0. The summed E-state index contributed by atoms with van der Waals surface area (Å²) < 4.78 is 13.0. The number of hydrogen-bond acceptors (Lipinski definition) is 3. The van der Waals surface area contributed by atoms with Crippen LogP contribution in [0, 0.1) is 0 Å². The van der Waals surface area contributed by atoms with Gasteiger partial charge >= 0.3 is 0 Å². The third-order valence-corrected chi connectivity index (χ3v) is 5.02. The molecule has 1 N–H and O–H groups in total. The molecule has 1 aliphatic rings. The van der Waals surface area contributed by atoms with Crippen molar-refractivity contribution < 1.29 is 14.3 Å². The van der Waals surface area contributed by atoms with Gasteiger partial charge in [-0.1, -0.05) is 44.0 Å². The largest absolute Gasteiger partial charge is 0.486 e. The van der Waals surface area contributed by atoms with Gasteiger partial charge in [-0.3, -0.25) is 4.79 Å². The SMILES string of the molecule is CC(NC(=O)Cc1cc2c(cc1Br)OCCO2)c1cccc(Br)c1. The lowest BCUT2D eigenvalue weighted by Gasteiger charge is -2.20. The van der Waals surface area contributed by atoms with Crippen LogP contribution in [0.25, 0.3) is 0 Å². The normalized spacial score (nSPS) is 14.1. The molecule has 1 atom stereocenters. The Morgan fingerprint density at radius 3 is 2.58 bits per heavy atom. The van der Waals surface area contributed by atoms with Crippen molar-refractivity contribution in [2.75, 3.05) is 13.2 Å². The van der Waals surface area contributed by atoms with Crippen molar-refractivity contribution in [2.45, 2.75) is 19.4 Å². The number of ether oxygens (including phenoxy) is 2. The van der Waals surface area contributed by atoms with Gasteiger partial charge in [0.05, 0.1) is 12.5 Å². The van der Waals surface area contributed by atoms with Gasteiger partial charge in [-0.2, -0.15) is 0 Å². The van der Waals surface area contributed by atoms with E-state index in [1.54, 1.807) is 0 Å². The molecular formula is C18H17Br2NO3. The van der Waals surface area contributed by atoms with Gasteiger partial charge < -0.3 is 14.8 Å². The predicted octanol–water partition coefficient (Wildman–Crippen LogP) is 4.40. The highest BCUT2D eigenvalue weighted by Gasteiger charge is 2.17. The van der Waals surface area contributed by atoms with Crippen molar-refractivity contribution in [3.05, 3.63) is 56.5 Å². The zero-order valence-electron chi connectivity index (χ0n) is 13.1. The Labute approximate surface area is 157 Å². The first kappa shape index (κ1) is 17.3. The minimum Gasteiger partial charge on any atom is -0.486 e. The number of halogens is 2. The van der Waals surface area contributed by atoms with Gasteiger partial charge in [-0.15, -0.1) is 0 Å². The first-order valence-corrected chi connectivity index (χ1v) is 9.24. The molecule has 0 saturated carbocycles. The highest BCUT2D eigenvalue weighted by molar-refractivity contribution is 9.10. The van der Waals surface area contributed by atoms with Gasteiger partial charge in [0.1, 0.15) is 13.2 Å². The number of carbonyl (C=O) groups excluding carboxylic acids is 1. The Balaban J connectivity index is 1.68. The molecule has 0 aliphatic carbocycles. The van der Waals surface area contributed by atoms with E-state index in [1.165, 1.54) is 0 Å². The number of benzene rings is 2. The Kier molecular flexibility index (Phi) is 5.46. The molecule has 2 aromatic carbocycles. The van der Waals surface area contributed by atoms with Crippen LogP contribution in [0.15, 0.2) is 45.3 Å². The lowest BCUT2D eigenvalue weighted by molar-refractivity contribution is -0.121. The lowest BCUT2D eigenvalue weighted by Crippen LogP contribution is -2.28. The molecule has 1 unspecified atom stereocenters. The molecule has 0 radical (unpaired) electrons. The van der Waals surface area contributed by atoms with Crippen LogP contribution in [0.3, 0.4) is 0 Å². The van der Waals surface area contributed by atoms with Crippen molar-refractivity contribution in [3.63, 3.8) is 0 Å². The van der Waals surface area contributed by atoms with Gasteiger partial charge in [0.2, 0.25) is 5.91 Å². The van der Waals surface area contributed by atoms with Crippen molar-refractivity contribution in [3.8, 4) is 11.5 Å². The van der Waals surface area contributed by atoms with Gasteiger partial charge in [0.25, 0.3) is 0 Å². The maximum absolute atomic E-state index is 12.4. The van der Waals surface area contributed by atoms with Crippen molar-refractivity contribution in [1.29, 1.82) is 0 Å². The first-order valence-electron chi connectivity index (χ1n) is 7.66. The number of nitrogens with one attached hydrogen (secondary N) is 1. The van der Waals surface area contributed by atoms with Crippen molar-refractivity contribution >= 4 is 37.8 Å². The number of hydrogen-bond donors (Lipinski definition) is 1. The Hall–Kier alpha value is -1.53. The minimum atomic E-state index is -0.0639. The summed E-state index contributed by atoms with van der Waals surface area (Å²) in [4.78, 5) is 12.4. The third kappa shape index (κ3) is 4.11. The minimum absolute atomic E-state index is 0.0418. The summed E-state index contributed by atoms with van der Waals surface area (Å²) >= 11 is 6.95.